The molecule has 0 amide bonds. The Morgan fingerprint density at radius 3 is 2.00 bits per heavy atom. The summed E-state index contributed by atoms with van der Waals surface area (Å²) in [4.78, 5) is 11.6. The molecule has 4 nitrogen and oxygen atoms in total. The normalized spacial score (nSPS) is 11.9. The van der Waals surface area contributed by atoms with Crippen molar-refractivity contribution in [1.82, 2.24) is 0 Å². The van der Waals surface area contributed by atoms with Crippen LogP contribution in [0, 0.1) is 6.92 Å². The number of hydrogen-bond donors (Lipinski definition) is 1. The van der Waals surface area contributed by atoms with Crippen LogP contribution in [0.1, 0.15) is 53.4 Å². The number of carboxylic acids is 1. The lowest BCUT2D eigenvalue weighted by Crippen LogP contribution is -2.25. The summed E-state index contributed by atoms with van der Waals surface area (Å²) >= 11 is 0. The largest absolute Gasteiger partial charge is 0.545 e. The van der Waals surface area contributed by atoms with Crippen LogP contribution in [0.3, 0.4) is 0 Å². The monoisotopic (exact) mass is 385 g/mol. The van der Waals surface area contributed by atoms with Crippen molar-refractivity contribution in [2.75, 3.05) is 5.43 Å². The van der Waals surface area contributed by atoms with Gasteiger partial charge in [-0.15, -0.1) is 0 Å². The molecule has 4 heteroatoms. The van der Waals surface area contributed by atoms with Crippen molar-refractivity contribution in [3.63, 3.8) is 0 Å². The lowest BCUT2D eigenvalue weighted by molar-refractivity contribution is -0.255. The van der Waals surface area contributed by atoms with Gasteiger partial charge in [-0.3, -0.25) is 5.43 Å². The summed E-state index contributed by atoms with van der Waals surface area (Å²) in [6, 6.07) is 22.7. The molecule has 0 aliphatic rings. The van der Waals surface area contributed by atoms with Crippen LogP contribution in [0.25, 0.3) is 0 Å². The first kappa shape index (κ1) is 20.3. The van der Waals surface area contributed by atoms with Crippen molar-refractivity contribution in [2.24, 2.45) is 5.10 Å². The summed E-state index contributed by atoms with van der Waals surface area (Å²) in [7, 11) is 0. The highest BCUT2D eigenvalue weighted by Crippen LogP contribution is 2.24. The zero-order valence-corrected chi connectivity index (χ0v) is 17.2. The summed E-state index contributed by atoms with van der Waals surface area (Å²) < 4.78 is 0. The molecule has 0 fully saturated rings. The molecular formula is C25H25N2O2-. The van der Waals surface area contributed by atoms with Crippen molar-refractivity contribution in [1.29, 1.82) is 0 Å². The van der Waals surface area contributed by atoms with Gasteiger partial charge in [-0.25, -0.2) is 0 Å². The van der Waals surface area contributed by atoms with E-state index in [1.807, 2.05) is 43.3 Å². The highest BCUT2D eigenvalue weighted by Gasteiger charge is 2.14. The second-order valence-corrected chi connectivity index (χ2v) is 8.10. The number of anilines is 1. The van der Waals surface area contributed by atoms with Crippen LogP contribution in [0.4, 0.5) is 5.69 Å². The van der Waals surface area contributed by atoms with Gasteiger partial charge in [-0.2, -0.15) is 5.10 Å². The van der Waals surface area contributed by atoms with Gasteiger partial charge in [0.25, 0.3) is 0 Å². The number of aromatic carboxylic acids is 1. The highest BCUT2D eigenvalue weighted by molar-refractivity contribution is 6.17. The zero-order chi connectivity index (χ0) is 21.0. The highest BCUT2D eigenvalue weighted by atomic mass is 16.4. The molecular weight excluding hydrogens is 360 g/mol. The van der Waals surface area contributed by atoms with Crippen molar-refractivity contribution in [2.45, 2.75) is 33.1 Å². The number of carbonyl (C=O) groups excluding carboxylic acids is 1. The molecule has 3 rings (SSSR count). The third-order valence-electron chi connectivity index (χ3n) is 4.77. The van der Waals surface area contributed by atoms with E-state index in [0.29, 0.717) is 11.3 Å². The van der Waals surface area contributed by atoms with Crippen LogP contribution in [-0.2, 0) is 5.41 Å². The first-order valence-corrected chi connectivity index (χ1v) is 9.58. The fourth-order valence-corrected chi connectivity index (χ4v) is 3.02. The van der Waals surface area contributed by atoms with Crippen molar-refractivity contribution in [3.05, 3.63) is 101 Å². The molecule has 148 valence electrons. The van der Waals surface area contributed by atoms with Gasteiger partial charge in [0.2, 0.25) is 0 Å². The van der Waals surface area contributed by atoms with E-state index in [1.54, 1.807) is 18.2 Å². The predicted molar refractivity (Wildman–Crippen MR) is 116 cm³/mol. The molecule has 3 aromatic carbocycles. The van der Waals surface area contributed by atoms with E-state index in [-0.39, 0.29) is 11.0 Å². The average molecular weight is 385 g/mol. The fraction of sp³-hybridized carbons (Fsp3) is 0.200. The van der Waals surface area contributed by atoms with Crippen LogP contribution in [-0.4, -0.2) is 11.7 Å². The molecule has 29 heavy (non-hydrogen) atoms. The number of carboxylic acid groups (broad SMARTS) is 1. The Kier molecular flexibility index (Phi) is 5.83. The van der Waals surface area contributed by atoms with Crippen LogP contribution >= 0.6 is 0 Å². The third kappa shape index (κ3) is 4.91. The van der Waals surface area contributed by atoms with Crippen LogP contribution in [0.5, 0.6) is 0 Å². The standard InChI is InChI=1S/C25H26N2O2/c1-17-9-11-18(12-10-17)23(21-7-5-6-8-22(21)24(28)29)27-26-20-15-13-19(14-16-20)25(2,3)4/h5-16,26H,1-4H3,(H,28,29)/p-1/b27-23-. The maximum absolute atomic E-state index is 11.6. The summed E-state index contributed by atoms with van der Waals surface area (Å²) in [5, 5.41) is 16.2. The molecule has 0 saturated carbocycles. The molecule has 0 spiro atoms. The lowest BCUT2D eigenvalue weighted by Gasteiger charge is -2.19. The predicted octanol–water partition coefficient (Wildman–Crippen LogP) is 4.52. The van der Waals surface area contributed by atoms with Crippen LogP contribution in [0.2, 0.25) is 0 Å². The first-order chi connectivity index (χ1) is 13.8. The van der Waals surface area contributed by atoms with Gasteiger partial charge in [-0.05, 0) is 30.0 Å². The summed E-state index contributed by atoms with van der Waals surface area (Å²) in [6.45, 7) is 8.50. The minimum absolute atomic E-state index is 0.0717. The first-order valence-electron chi connectivity index (χ1n) is 9.58. The molecule has 0 radical (unpaired) electrons. The van der Waals surface area contributed by atoms with Crippen molar-refractivity contribution < 1.29 is 9.90 Å². The maximum atomic E-state index is 11.6. The van der Waals surface area contributed by atoms with E-state index in [9.17, 15) is 9.90 Å². The summed E-state index contributed by atoms with van der Waals surface area (Å²) in [5.41, 5.74) is 8.31. The smallest absolute Gasteiger partial charge is 0.0984 e. The van der Waals surface area contributed by atoms with E-state index < -0.39 is 5.97 Å². The number of nitrogens with zero attached hydrogens (tertiary/aromatic N) is 1. The molecule has 0 bridgehead atoms. The van der Waals surface area contributed by atoms with E-state index in [4.69, 9.17) is 0 Å². The Morgan fingerprint density at radius 1 is 0.862 bits per heavy atom. The van der Waals surface area contributed by atoms with E-state index in [0.717, 1.165) is 16.8 Å². The van der Waals surface area contributed by atoms with Gasteiger partial charge in [0.1, 0.15) is 0 Å². The molecule has 0 aromatic heterocycles. The second-order valence-electron chi connectivity index (χ2n) is 8.10. The van der Waals surface area contributed by atoms with Crippen molar-refractivity contribution >= 4 is 17.4 Å². The van der Waals surface area contributed by atoms with Gasteiger partial charge >= 0.3 is 0 Å². The zero-order valence-electron chi connectivity index (χ0n) is 17.2. The van der Waals surface area contributed by atoms with Gasteiger partial charge in [-0.1, -0.05) is 87.0 Å². The molecule has 0 saturated heterocycles. The number of benzene rings is 3. The van der Waals surface area contributed by atoms with Crippen LogP contribution in [0.15, 0.2) is 77.9 Å². The number of carbonyl (C=O) groups is 1. The maximum Gasteiger partial charge on any atom is 0.0984 e. The SMILES string of the molecule is Cc1ccc(/C(=N/Nc2ccc(C(C)(C)C)cc2)c2ccccc2C(=O)[O-])cc1. The number of rotatable bonds is 5. The molecule has 3 aromatic rings. The molecule has 0 heterocycles. The van der Waals surface area contributed by atoms with E-state index >= 15 is 0 Å². The Balaban J connectivity index is 2.02. The second kappa shape index (κ2) is 8.31. The molecule has 1 N–H and O–H groups in total. The van der Waals surface area contributed by atoms with Crippen LogP contribution < -0.4 is 10.5 Å². The molecule has 0 aliphatic heterocycles. The van der Waals surface area contributed by atoms with E-state index in [1.165, 1.54) is 11.6 Å². The van der Waals surface area contributed by atoms with E-state index in [2.05, 4.69) is 43.4 Å². The fourth-order valence-electron chi connectivity index (χ4n) is 3.02. The number of aryl methyl sites for hydroxylation is 1. The average Bonchev–Trinajstić information content (AvgIpc) is 2.69. The minimum atomic E-state index is -1.23. The Hall–Kier alpha value is -3.40. The van der Waals surface area contributed by atoms with Gasteiger partial charge < -0.3 is 9.90 Å². The summed E-state index contributed by atoms with van der Waals surface area (Å²) in [5.74, 6) is -1.23. The van der Waals surface area contributed by atoms with Gasteiger partial charge in [0.05, 0.1) is 17.4 Å². The number of hydrazone groups is 1. The summed E-state index contributed by atoms with van der Waals surface area (Å²) in [6.07, 6.45) is 0. The topological polar surface area (TPSA) is 64.5 Å². The minimum Gasteiger partial charge on any atom is -0.545 e. The third-order valence-corrected chi connectivity index (χ3v) is 4.77. The molecule has 0 atom stereocenters. The Labute approximate surface area is 171 Å². The molecule has 0 aliphatic carbocycles. The Bertz CT molecular complexity index is 1030. The Morgan fingerprint density at radius 2 is 1.45 bits per heavy atom. The number of nitrogens with one attached hydrogen (secondary N) is 1. The lowest BCUT2D eigenvalue weighted by atomic mass is 9.87. The number of hydrogen-bond acceptors (Lipinski definition) is 4. The van der Waals surface area contributed by atoms with Gasteiger partial charge in [0.15, 0.2) is 0 Å². The van der Waals surface area contributed by atoms with Gasteiger partial charge in [0, 0.05) is 16.7 Å². The van der Waals surface area contributed by atoms with Crippen molar-refractivity contribution in [3.8, 4) is 0 Å². The quantitative estimate of drug-likeness (QED) is 0.519. The molecule has 0 unspecified atom stereocenters.